The number of benzene rings is 1. The first-order valence-electron chi connectivity index (χ1n) is 8.85. The lowest BCUT2D eigenvalue weighted by Gasteiger charge is -2.23. The minimum atomic E-state index is 0. The van der Waals surface area contributed by atoms with Gasteiger partial charge in [0.2, 0.25) is 0 Å². The molecule has 0 radical (unpaired) electrons. The van der Waals surface area contributed by atoms with Crippen LogP contribution >= 0.6 is 0 Å². The molecule has 0 saturated carbocycles. The average molecular weight is 472 g/mol. The Morgan fingerprint density at radius 3 is 1.88 bits per heavy atom. The van der Waals surface area contributed by atoms with Crippen molar-refractivity contribution in [3.63, 3.8) is 0 Å². The summed E-state index contributed by atoms with van der Waals surface area (Å²) in [5.74, 6) is 0. The maximum atomic E-state index is 2.31. The van der Waals surface area contributed by atoms with Crippen LogP contribution in [0.3, 0.4) is 0 Å². The molecule has 0 saturated heterocycles. The van der Waals surface area contributed by atoms with Crippen molar-refractivity contribution in [1.29, 1.82) is 0 Å². The van der Waals surface area contributed by atoms with Gasteiger partial charge in [-0.2, -0.15) is 0 Å². The van der Waals surface area contributed by atoms with Crippen LogP contribution in [0.1, 0.15) is 36.8 Å². The highest BCUT2D eigenvalue weighted by Crippen LogP contribution is 2.07. The molecular formula is C21H32Br2N2. The van der Waals surface area contributed by atoms with Gasteiger partial charge in [0, 0.05) is 18.6 Å². The van der Waals surface area contributed by atoms with Crippen molar-refractivity contribution in [2.75, 3.05) is 27.7 Å². The molecule has 2 nitrogen and oxygen atoms in total. The van der Waals surface area contributed by atoms with Crippen LogP contribution in [-0.4, -0.2) is 32.2 Å². The van der Waals surface area contributed by atoms with E-state index >= 15 is 0 Å². The Labute approximate surface area is 175 Å². The van der Waals surface area contributed by atoms with Gasteiger partial charge in [0.15, 0.2) is 12.4 Å². The number of hydrogen-bond acceptors (Lipinski definition) is 0. The van der Waals surface area contributed by atoms with Gasteiger partial charge in [-0.3, -0.25) is 0 Å². The van der Waals surface area contributed by atoms with Crippen molar-refractivity contribution >= 4 is 0 Å². The van der Waals surface area contributed by atoms with Crippen molar-refractivity contribution in [2.45, 2.75) is 38.6 Å². The quantitative estimate of drug-likeness (QED) is 0.223. The highest BCUT2D eigenvalue weighted by Gasteiger charge is 2.06. The van der Waals surface area contributed by atoms with Crippen LogP contribution in [-0.2, 0) is 13.0 Å². The van der Waals surface area contributed by atoms with Gasteiger partial charge in [0.1, 0.15) is 6.54 Å². The summed E-state index contributed by atoms with van der Waals surface area (Å²) in [6.45, 7) is 2.41. The van der Waals surface area contributed by atoms with Gasteiger partial charge in [-0.25, -0.2) is 4.57 Å². The first kappa shape index (κ1) is 24.3. The largest absolute Gasteiger partial charge is 1.00 e. The highest BCUT2D eigenvalue weighted by atomic mass is 79.9. The Kier molecular flexibility index (Phi) is 12.3. The second-order valence-electron chi connectivity index (χ2n) is 7.53. The summed E-state index contributed by atoms with van der Waals surface area (Å²) in [7, 11) is 6.81. The van der Waals surface area contributed by atoms with E-state index in [0.29, 0.717) is 0 Å². The van der Waals surface area contributed by atoms with Crippen LogP contribution in [0.15, 0.2) is 54.9 Å². The minimum absolute atomic E-state index is 0. The third-order valence-electron chi connectivity index (χ3n) is 4.21. The van der Waals surface area contributed by atoms with E-state index < -0.39 is 0 Å². The van der Waals surface area contributed by atoms with Gasteiger partial charge in [0.25, 0.3) is 0 Å². The van der Waals surface area contributed by atoms with Crippen molar-refractivity contribution < 1.29 is 43.0 Å². The molecule has 0 aliphatic carbocycles. The topological polar surface area (TPSA) is 3.88 Å². The number of aryl methyl sites for hydroxylation is 1. The summed E-state index contributed by atoms with van der Waals surface area (Å²) in [5, 5.41) is 0. The van der Waals surface area contributed by atoms with Gasteiger partial charge >= 0.3 is 0 Å². The maximum absolute atomic E-state index is 2.31. The van der Waals surface area contributed by atoms with Gasteiger partial charge in [0.05, 0.1) is 27.7 Å². The Bertz CT molecular complexity index is 563. The molecule has 0 atom stereocenters. The van der Waals surface area contributed by atoms with Gasteiger partial charge < -0.3 is 38.4 Å². The minimum Gasteiger partial charge on any atom is -1.00 e. The van der Waals surface area contributed by atoms with Gasteiger partial charge in [-0.1, -0.05) is 30.3 Å². The molecule has 0 N–H and O–H groups in total. The summed E-state index contributed by atoms with van der Waals surface area (Å²) in [5.41, 5.74) is 2.76. The van der Waals surface area contributed by atoms with Crippen molar-refractivity contribution in [2.24, 2.45) is 0 Å². The highest BCUT2D eigenvalue weighted by molar-refractivity contribution is 5.23. The number of rotatable bonds is 9. The molecule has 2 aromatic rings. The van der Waals surface area contributed by atoms with Crippen molar-refractivity contribution in [3.8, 4) is 0 Å². The fourth-order valence-electron chi connectivity index (χ4n) is 2.82. The van der Waals surface area contributed by atoms with E-state index in [2.05, 4.69) is 80.6 Å². The molecule has 2 rings (SSSR count). The van der Waals surface area contributed by atoms with E-state index in [9.17, 15) is 0 Å². The molecule has 0 amide bonds. The number of pyridine rings is 1. The smallest absolute Gasteiger partial charge is 0.169 e. The summed E-state index contributed by atoms with van der Waals surface area (Å²) in [6.07, 6.45) is 10.8. The second kappa shape index (κ2) is 12.6. The molecule has 0 fully saturated rings. The number of quaternary nitrogens is 1. The Balaban J connectivity index is 0.00000288. The summed E-state index contributed by atoms with van der Waals surface area (Å²) in [6, 6.07) is 15.2. The van der Waals surface area contributed by atoms with Crippen LogP contribution < -0.4 is 38.5 Å². The molecular weight excluding hydrogens is 440 g/mol. The summed E-state index contributed by atoms with van der Waals surface area (Å²) < 4.78 is 3.39. The lowest BCUT2D eigenvalue weighted by Crippen LogP contribution is -3.00. The summed E-state index contributed by atoms with van der Waals surface area (Å²) >= 11 is 0. The van der Waals surface area contributed by atoms with E-state index in [1.165, 1.54) is 43.4 Å². The molecule has 1 aromatic heterocycles. The van der Waals surface area contributed by atoms with Crippen molar-refractivity contribution in [3.05, 3.63) is 66.0 Å². The van der Waals surface area contributed by atoms with E-state index in [4.69, 9.17) is 0 Å². The molecule has 1 aromatic carbocycles. The van der Waals surface area contributed by atoms with Gasteiger partial charge in [-0.15, -0.1) is 0 Å². The van der Waals surface area contributed by atoms with Crippen LogP contribution in [0.4, 0.5) is 0 Å². The number of nitrogens with zero attached hydrogens (tertiary/aromatic N) is 2. The molecule has 0 aliphatic rings. The van der Waals surface area contributed by atoms with Crippen LogP contribution in [0.2, 0.25) is 0 Å². The maximum Gasteiger partial charge on any atom is 0.169 e. The monoisotopic (exact) mass is 470 g/mol. The standard InChI is InChI=1S/C21H32N2.2BrH/c1-23(2,3)18-10-5-4-9-15-22-16-13-21(14-17-22)19-20-11-7-6-8-12-20;;/h6-8,11-14,16-17H,4-5,9-10,15,18-19H2,1-3H3;2*1H/q+2;;/p-2. The lowest BCUT2D eigenvalue weighted by molar-refractivity contribution is -0.870. The molecule has 1 heterocycles. The number of unbranched alkanes of at least 4 members (excludes halogenated alkanes) is 3. The Morgan fingerprint density at radius 2 is 1.28 bits per heavy atom. The van der Waals surface area contributed by atoms with E-state index in [1.54, 1.807) is 0 Å². The zero-order valence-corrected chi connectivity index (χ0v) is 19.0. The van der Waals surface area contributed by atoms with Gasteiger partial charge in [-0.05, 0) is 36.8 Å². The molecule has 0 bridgehead atoms. The normalized spacial score (nSPS) is 10.7. The second-order valence-corrected chi connectivity index (χ2v) is 7.53. The fourth-order valence-corrected chi connectivity index (χ4v) is 2.82. The van der Waals surface area contributed by atoms with Crippen molar-refractivity contribution in [1.82, 2.24) is 0 Å². The fraction of sp³-hybridized carbons (Fsp3) is 0.476. The molecule has 0 spiro atoms. The molecule has 140 valence electrons. The van der Waals surface area contributed by atoms with E-state index in [1.807, 2.05) is 0 Å². The number of halogens is 2. The van der Waals surface area contributed by atoms with E-state index in [-0.39, 0.29) is 34.0 Å². The first-order valence-corrected chi connectivity index (χ1v) is 8.85. The Morgan fingerprint density at radius 1 is 0.720 bits per heavy atom. The zero-order chi connectivity index (χ0) is 16.5. The summed E-state index contributed by atoms with van der Waals surface area (Å²) in [4.78, 5) is 0. The van der Waals surface area contributed by atoms with Crippen LogP contribution in [0.25, 0.3) is 0 Å². The first-order chi connectivity index (χ1) is 11.0. The molecule has 0 unspecified atom stereocenters. The predicted molar refractivity (Wildman–Crippen MR) is 97.3 cm³/mol. The molecule has 0 aliphatic heterocycles. The van der Waals surface area contributed by atoms with Crippen LogP contribution in [0.5, 0.6) is 0 Å². The third-order valence-corrected chi connectivity index (χ3v) is 4.21. The van der Waals surface area contributed by atoms with E-state index in [0.717, 1.165) is 17.4 Å². The number of hydrogen-bond donors (Lipinski definition) is 0. The average Bonchev–Trinajstić information content (AvgIpc) is 2.52. The lowest BCUT2D eigenvalue weighted by atomic mass is 10.1. The SMILES string of the molecule is C[N+](C)(C)CCCCCC[n+]1ccc(Cc2ccccc2)cc1.[Br-].[Br-]. The Hall–Kier alpha value is -0.710. The number of aromatic nitrogens is 1. The van der Waals surface area contributed by atoms with Crippen LogP contribution in [0, 0.1) is 0 Å². The predicted octanol–water partition coefficient (Wildman–Crippen LogP) is -2.16. The molecule has 25 heavy (non-hydrogen) atoms. The zero-order valence-electron chi connectivity index (χ0n) is 15.8. The third kappa shape index (κ3) is 10.8. The molecule has 4 heteroatoms.